The summed E-state index contributed by atoms with van der Waals surface area (Å²) in [6.07, 6.45) is 2.00. The molecule has 0 fully saturated rings. The summed E-state index contributed by atoms with van der Waals surface area (Å²) in [5, 5.41) is 28.1. The Morgan fingerprint density at radius 1 is 0.638 bits per heavy atom. The van der Waals surface area contributed by atoms with E-state index in [0.29, 0.717) is 49.8 Å². The second-order valence-corrected chi connectivity index (χ2v) is 12.4. The largest absolute Gasteiger partial charge is 0.465 e. The lowest BCUT2D eigenvalue weighted by molar-refractivity contribution is -0.140. The zero-order valence-corrected chi connectivity index (χ0v) is 30.8. The quantitative estimate of drug-likeness (QED) is 0.0384. The summed E-state index contributed by atoms with van der Waals surface area (Å²) in [5.74, 6) is -3.92. The lowest BCUT2D eigenvalue weighted by atomic mass is 10.1. The molecule has 3 aromatic carbocycles. The van der Waals surface area contributed by atoms with E-state index in [-0.39, 0.29) is 97.1 Å². The number of nitrogens with zero attached hydrogens (tertiary/aromatic N) is 3. The van der Waals surface area contributed by atoms with E-state index in [0.717, 1.165) is 4.57 Å². The Morgan fingerprint density at radius 2 is 1.17 bits per heavy atom. The first-order chi connectivity index (χ1) is 28.1. The minimum absolute atomic E-state index is 0.0425. The van der Waals surface area contributed by atoms with Crippen molar-refractivity contribution >= 4 is 48.3 Å². The van der Waals surface area contributed by atoms with Gasteiger partial charge in [0.05, 0.1) is 16.5 Å². The van der Waals surface area contributed by atoms with Gasteiger partial charge in [-0.05, 0) is 62.1 Å². The Hall–Kier alpha value is -7.06. The van der Waals surface area contributed by atoms with Gasteiger partial charge in [0.1, 0.15) is 0 Å². The number of aromatic nitrogens is 1. The van der Waals surface area contributed by atoms with Crippen LogP contribution >= 0.6 is 0 Å². The van der Waals surface area contributed by atoms with Gasteiger partial charge in [-0.2, -0.15) is 0 Å². The van der Waals surface area contributed by atoms with E-state index in [9.17, 15) is 48.7 Å². The van der Waals surface area contributed by atoms with Gasteiger partial charge in [0.2, 0.25) is 11.5 Å². The fraction of sp³-hybridized carbons (Fsp3) is 0.316. The topological polar surface area (TPSA) is 268 Å². The normalized spacial score (nSPS) is 10.7. The van der Waals surface area contributed by atoms with Crippen LogP contribution in [0.1, 0.15) is 72.1 Å². The molecule has 0 saturated carbocycles. The molecule has 0 spiro atoms. The zero-order chi connectivity index (χ0) is 42.0. The number of ether oxygens (including phenoxy) is 3. The third kappa shape index (κ3) is 10.8. The molecule has 4 rings (SSSR count). The van der Waals surface area contributed by atoms with Gasteiger partial charge in [-0.3, -0.25) is 28.8 Å². The van der Waals surface area contributed by atoms with Crippen molar-refractivity contribution in [1.82, 2.24) is 14.4 Å². The smallest absolute Gasteiger partial charge is 0.422 e. The Morgan fingerprint density at radius 3 is 1.74 bits per heavy atom. The minimum Gasteiger partial charge on any atom is -0.465 e. The molecule has 0 radical (unpaired) electrons. The van der Waals surface area contributed by atoms with Gasteiger partial charge in [-0.25, -0.2) is 29.6 Å². The predicted molar refractivity (Wildman–Crippen MR) is 198 cm³/mol. The van der Waals surface area contributed by atoms with E-state index in [1.807, 2.05) is 0 Å². The van der Waals surface area contributed by atoms with Gasteiger partial charge in [-0.1, -0.05) is 43.9 Å². The standard InChI is InChI=1S/C38H39N3O17/c42-22-53-28-15-9-12-25(31(28)55-24-44)34(45)39(19-6-2-4-8-21-41-36(47)26-13-11-17-30(57-51)32(26)56-38(41)50)18-5-1-3-7-20-40(37(48)49)35(46)27-14-10-16-29(54-23-43)33(27)58-52/h9-17,22-24,51-52H,1-8,18-21H2,(H,48,49). The van der Waals surface area contributed by atoms with Crippen molar-refractivity contribution in [2.24, 2.45) is 0 Å². The first-order valence-electron chi connectivity index (χ1n) is 17.8. The Labute approximate surface area is 328 Å². The monoisotopic (exact) mass is 809 g/mol. The first kappa shape index (κ1) is 43.7. The molecule has 1 aromatic heterocycles. The van der Waals surface area contributed by atoms with E-state index in [1.54, 1.807) is 0 Å². The van der Waals surface area contributed by atoms with Crippen LogP contribution in [0.2, 0.25) is 0 Å². The zero-order valence-electron chi connectivity index (χ0n) is 30.8. The number of hydrogen-bond acceptors (Lipinski definition) is 16. The van der Waals surface area contributed by atoms with Crippen LogP contribution in [0.25, 0.3) is 11.0 Å². The number of carboxylic acid groups (broad SMARTS) is 1. The fourth-order valence-electron chi connectivity index (χ4n) is 6.11. The number of unbranched alkanes of at least 4 members (excludes halogenated alkanes) is 6. The Bertz CT molecular complexity index is 2220. The van der Waals surface area contributed by atoms with Crippen molar-refractivity contribution in [3.8, 4) is 28.7 Å². The SMILES string of the molecule is O=COc1cccc(C(=O)N(CCCCCCN(C(=O)O)C(=O)c2cccc(OC=O)c2OO)CCCCCCn2c(=O)oc3c(OO)cccc3c2=O)c1OC=O. The van der Waals surface area contributed by atoms with Gasteiger partial charge in [0.25, 0.3) is 36.8 Å². The highest BCUT2D eigenvalue weighted by atomic mass is 17.1. The van der Waals surface area contributed by atoms with Crippen LogP contribution in [0, 0.1) is 0 Å². The van der Waals surface area contributed by atoms with Crippen molar-refractivity contribution in [3.63, 3.8) is 0 Å². The van der Waals surface area contributed by atoms with E-state index >= 15 is 0 Å². The number of carbonyl (C=O) groups excluding carboxylic acids is 5. The summed E-state index contributed by atoms with van der Waals surface area (Å²) in [5.41, 5.74) is -1.20. The van der Waals surface area contributed by atoms with E-state index in [4.69, 9.17) is 19.1 Å². The molecule has 3 N–H and O–H groups in total. The molecule has 0 unspecified atom stereocenters. The van der Waals surface area contributed by atoms with Crippen LogP contribution in [-0.4, -0.2) is 86.9 Å². The fourth-order valence-corrected chi connectivity index (χ4v) is 6.11. The molecule has 308 valence electrons. The van der Waals surface area contributed by atoms with Gasteiger partial charge in [-0.15, -0.1) is 0 Å². The minimum atomic E-state index is -1.57. The Kier molecular flexibility index (Phi) is 16.5. The highest BCUT2D eigenvalue weighted by Gasteiger charge is 2.28. The summed E-state index contributed by atoms with van der Waals surface area (Å²) >= 11 is 0. The lowest BCUT2D eigenvalue weighted by Gasteiger charge is -2.24. The van der Waals surface area contributed by atoms with Crippen molar-refractivity contribution < 1.29 is 72.8 Å². The molecule has 1 heterocycles. The first-order valence-corrected chi connectivity index (χ1v) is 17.8. The molecular formula is C38H39N3O17. The number of amides is 3. The Balaban J connectivity index is 1.38. The molecule has 58 heavy (non-hydrogen) atoms. The number of imide groups is 1. The van der Waals surface area contributed by atoms with Crippen LogP contribution in [0.5, 0.6) is 28.7 Å². The third-order valence-corrected chi connectivity index (χ3v) is 8.87. The number of rotatable bonds is 24. The van der Waals surface area contributed by atoms with Crippen LogP contribution < -0.4 is 35.3 Å². The van der Waals surface area contributed by atoms with Crippen molar-refractivity contribution in [3.05, 3.63) is 86.6 Å². The second-order valence-electron chi connectivity index (χ2n) is 12.4. The van der Waals surface area contributed by atoms with Crippen LogP contribution in [0.15, 0.2) is 68.6 Å². The molecule has 0 bridgehead atoms. The summed E-state index contributed by atoms with van der Waals surface area (Å²) in [6.45, 7) is 0.489. The van der Waals surface area contributed by atoms with Crippen molar-refractivity contribution in [2.45, 2.75) is 57.9 Å². The molecule has 4 aromatic rings. The van der Waals surface area contributed by atoms with Crippen molar-refractivity contribution in [1.29, 1.82) is 0 Å². The van der Waals surface area contributed by atoms with Crippen molar-refractivity contribution in [2.75, 3.05) is 19.6 Å². The number of hydrogen-bond donors (Lipinski definition) is 3. The predicted octanol–water partition coefficient (Wildman–Crippen LogP) is 4.35. The third-order valence-electron chi connectivity index (χ3n) is 8.87. The van der Waals surface area contributed by atoms with Crippen LogP contribution in [-0.2, 0) is 20.9 Å². The van der Waals surface area contributed by atoms with Gasteiger partial charge in [0, 0.05) is 26.2 Å². The molecule has 0 aliphatic carbocycles. The number of fused-ring (bicyclic) bond motifs is 1. The lowest BCUT2D eigenvalue weighted by Crippen LogP contribution is -2.36. The molecule has 20 nitrogen and oxygen atoms in total. The van der Waals surface area contributed by atoms with Crippen LogP contribution in [0.3, 0.4) is 0 Å². The highest BCUT2D eigenvalue weighted by Crippen LogP contribution is 2.33. The second kappa shape index (κ2) is 21.9. The molecular weight excluding hydrogens is 770 g/mol. The summed E-state index contributed by atoms with van der Waals surface area (Å²) in [4.78, 5) is 108. The van der Waals surface area contributed by atoms with E-state index in [1.165, 1.54) is 59.5 Å². The van der Waals surface area contributed by atoms with Gasteiger partial charge < -0.3 is 38.4 Å². The van der Waals surface area contributed by atoms with E-state index < -0.39 is 35.0 Å². The average Bonchev–Trinajstić information content (AvgIpc) is 3.22. The molecule has 0 saturated heterocycles. The van der Waals surface area contributed by atoms with Crippen LogP contribution in [0.4, 0.5) is 4.79 Å². The van der Waals surface area contributed by atoms with Gasteiger partial charge in [0.15, 0.2) is 22.8 Å². The maximum absolute atomic E-state index is 13.9. The summed E-state index contributed by atoms with van der Waals surface area (Å²) in [7, 11) is 0. The number of para-hydroxylation sites is 3. The maximum Gasteiger partial charge on any atom is 0.422 e. The number of carbonyl (C=O) groups is 6. The average molecular weight is 810 g/mol. The molecule has 0 aliphatic heterocycles. The summed E-state index contributed by atoms with van der Waals surface area (Å²) < 4.78 is 20.7. The summed E-state index contributed by atoms with van der Waals surface area (Å²) in [6, 6.07) is 12.1. The maximum atomic E-state index is 13.9. The number of benzene rings is 3. The highest BCUT2D eigenvalue weighted by molar-refractivity contribution is 6.05. The molecule has 0 atom stereocenters. The van der Waals surface area contributed by atoms with Gasteiger partial charge >= 0.3 is 11.8 Å². The molecule has 3 amide bonds. The van der Waals surface area contributed by atoms with E-state index in [2.05, 4.69) is 14.5 Å². The molecule has 20 heteroatoms. The molecule has 0 aliphatic rings.